The van der Waals surface area contributed by atoms with Crippen LogP contribution >= 0.6 is 0 Å². The lowest BCUT2D eigenvalue weighted by molar-refractivity contribution is 0.0936. The molecule has 2 heterocycles. The van der Waals surface area contributed by atoms with Gasteiger partial charge in [0.1, 0.15) is 5.82 Å². The lowest BCUT2D eigenvalue weighted by Gasteiger charge is -2.17. The van der Waals surface area contributed by atoms with E-state index in [4.69, 9.17) is 9.72 Å². The molecular formula is C27H26N4O2. The van der Waals surface area contributed by atoms with Gasteiger partial charge in [-0.1, -0.05) is 60.7 Å². The first-order chi connectivity index (χ1) is 16.2. The third-order valence-electron chi connectivity index (χ3n) is 5.90. The van der Waals surface area contributed by atoms with Crippen LogP contribution in [0, 0.1) is 0 Å². The van der Waals surface area contributed by atoms with Crippen LogP contribution in [0.4, 0.5) is 0 Å². The van der Waals surface area contributed by atoms with E-state index in [1.807, 2.05) is 72.9 Å². The van der Waals surface area contributed by atoms with E-state index in [9.17, 15) is 4.79 Å². The number of amides is 1. The number of H-pyrrole nitrogens is 1. The second kappa shape index (κ2) is 9.30. The van der Waals surface area contributed by atoms with Crippen LogP contribution in [0.5, 0.6) is 0 Å². The zero-order valence-corrected chi connectivity index (χ0v) is 18.5. The second-order valence-electron chi connectivity index (χ2n) is 8.10. The molecule has 33 heavy (non-hydrogen) atoms. The Hall–Kier alpha value is -3.90. The molecule has 0 aliphatic heterocycles. The molecule has 0 aliphatic rings. The molecule has 3 aromatic carbocycles. The first-order valence-electron chi connectivity index (χ1n) is 11.1. The molecule has 5 rings (SSSR count). The Morgan fingerprint density at radius 3 is 2.61 bits per heavy atom. The number of carbonyl (C=O) groups is 1. The number of hydrogen-bond donors (Lipinski definition) is 2. The van der Waals surface area contributed by atoms with Crippen LogP contribution in [-0.2, 0) is 17.7 Å². The SMILES string of the molecule is COCCn1cc(C(=O)N[C@@H](Cc2ccccc2)c2nc3ccccc3[nH]2)c2ccccc21. The smallest absolute Gasteiger partial charge is 0.254 e. The van der Waals surface area contributed by atoms with Crippen molar-refractivity contribution in [3.05, 3.63) is 102 Å². The molecule has 0 fully saturated rings. The minimum absolute atomic E-state index is 0.122. The highest BCUT2D eigenvalue weighted by atomic mass is 16.5. The number of ether oxygens (including phenoxy) is 1. The summed E-state index contributed by atoms with van der Waals surface area (Å²) in [5.74, 6) is 0.625. The molecule has 0 saturated carbocycles. The van der Waals surface area contributed by atoms with Crippen molar-refractivity contribution < 1.29 is 9.53 Å². The van der Waals surface area contributed by atoms with E-state index in [1.54, 1.807) is 7.11 Å². The number of carbonyl (C=O) groups excluding carboxylic acids is 1. The number of methoxy groups -OCH3 is 1. The van der Waals surface area contributed by atoms with Crippen molar-refractivity contribution in [2.45, 2.75) is 19.0 Å². The van der Waals surface area contributed by atoms with E-state index in [1.165, 1.54) is 0 Å². The van der Waals surface area contributed by atoms with Crippen molar-refractivity contribution in [1.29, 1.82) is 0 Å². The van der Waals surface area contributed by atoms with Gasteiger partial charge in [-0.15, -0.1) is 0 Å². The average Bonchev–Trinajstić information content (AvgIpc) is 3.45. The zero-order valence-electron chi connectivity index (χ0n) is 18.5. The fourth-order valence-electron chi connectivity index (χ4n) is 4.24. The summed E-state index contributed by atoms with van der Waals surface area (Å²) in [5.41, 5.74) is 4.64. The summed E-state index contributed by atoms with van der Waals surface area (Å²) in [6, 6.07) is 25.7. The molecule has 0 bridgehead atoms. The second-order valence-corrected chi connectivity index (χ2v) is 8.10. The van der Waals surface area contributed by atoms with Gasteiger partial charge in [0, 0.05) is 30.8 Å². The maximum absolute atomic E-state index is 13.5. The van der Waals surface area contributed by atoms with Gasteiger partial charge in [-0.3, -0.25) is 4.79 Å². The molecule has 6 heteroatoms. The largest absolute Gasteiger partial charge is 0.383 e. The molecule has 0 radical (unpaired) electrons. The first-order valence-corrected chi connectivity index (χ1v) is 11.1. The van der Waals surface area contributed by atoms with Crippen LogP contribution in [0.1, 0.15) is 27.8 Å². The Labute approximate surface area is 192 Å². The molecule has 1 atom stereocenters. The highest BCUT2D eigenvalue weighted by molar-refractivity contribution is 6.07. The van der Waals surface area contributed by atoms with E-state index in [0.717, 1.165) is 33.3 Å². The average molecular weight is 439 g/mol. The highest BCUT2D eigenvalue weighted by Gasteiger charge is 2.22. The third-order valence-corrected chi connectivity index (χ3v) is 5.90. The van der Waals surface area contributed by atoms with Gasteiger partial charge in [0.15, 0.2) is 0 Å². The molecule has 2 aromatic heterocycles. The number of nitrogens with one attached hydrogen (secondary N) is 2. The van der Waals surface area contributed by atoms with Gasteiger partial charge in [0.25, 0.3) is 5.91 Å². The summed E-state index contributed by atoms with van der Waals surface area (Å²) in [4.78, 5) is 21.7. The summed E-state index contributed by atoms with van der Waals surface area (Å²) in [5, 5.41) is 4.17. The van der Waals surface area contributed by atoms with Gasteiger partial charge in [-0.25, -0.2) is 4.98 Å². The number of imidazole rings is 1. The number of aromatic amines is 1. The normalized spacial score (nSPS) is 12.3. The Morgan fingerprint density at radius 1 is 1.03 bits per heavy atom. The zero-order chi connectivity index (χ0) is 22.6. The monoisotopic (exact) mass is 438 g/mol. The van der Waals surface area contributed by atoms with Crippen molar-refractivity contribution in [3.63, 3.8) is 0 Å². The van der Waals surface area contributed by atoms with Crippen molar-refractivity contribution in [2.75, 3.05) is 13.7 Å². The summed E-state index contributed by atoms with van der Waals surface area (Å²) in [6.07, 6.45) is 2.55. The van der Waals surface area contributed by atoms with Crippen LogP contribution in [0.2, 0.25) is 0 Å². The lowest BCUT2D eigenvalue weighted by atomic mass is 10.0. The van der Waals surface area contributed by atoms with Gasteiger partial charge < -0.3 is 19.6 Å². The van der Waals surface area contributed by atoms with Gasteiger partial charge in [0.05, 0.1) is 29.2 Å². The van der Waals surface area contributed by atoms with Gasteiger partial charge in [-0.05, 0) is 30.2 Å². The maximum atomic E-state index is 13.5. The minimum Gasteiger partial charge on any atom is -0.383 e. The number of para-hydroxylation sites is 3. The van der Waals surface area contributed by atoms with Crippen LogP contribution in [-0.4, -0.2) is 34.2 Å². The van der Waals surface area contributed by atoms with Crippen LogP contribution in [0.25, 0.3) is 21.9 Å². The Kier molecular flexibility index (Phi) is 5.91. The van der Waals surface area contributed by atoms with E-state index < -0.39 is 0 Å². The molecule has 0 saturated heterocycles. The predicted molar refractivity (Wildman–Crippen MR) is 130 cm³/mol. The van der Waals surface area contributed by atoms with Crippen LogP contribution < -0.4 is 5.32 Å². The summed E-state index contributed by atoms with van der Waals surface area (Å²) < 4.78 is 7.32. The van der Waals surface area contributed by atoms with Crippen molar-refractivity contribution in [3.8, 4) is 0 Å². The molecule has 1 amide bonds. The standard InChI is InChI=1S/C27H26N4O2/c1-33-16-15-31-18-21(20-11-5-8-14-25(20)31)27(32)30-24(17-19-9-3-2-4-10-19)26-28-22-12-6-7-13-23(22)29-26/h2-14,18,24H,15-17H2,1H3,(H,28,29)(H,30,32)/t24-/m0/s1. The Balaban J connectivity index is 1.49. The molecule has 5 aromatic rings. The summed E-state index contributed by atoms with van der Waals surface area (Å²) in [7, 11) is 1.68. The predicted octanol–water partition coefficient (Wildman–Crippen LogP) is 4.88. The highest BCUT2D eigenvalue weighted by Crippen LogP contribution is 2.24. The van der Waals surface area contributed by atoms with Crippen LogP contribution in [0.15, 0.2) is 85.1 Å². The van der Waals surface area contributed by atoms with E-state index in [2.05, 4.69) is 27.0 Å². The first kappa shape index (κ1) is 21.0. The molecule has 0 unspecified atom stereocenters. The van der Waals surface area contributed by atoms with E-state index >= 15 is 0 Å². The van der Waals surface area contributed by atoms with E-state index in [-0.39, 0.29) is 11.9 Å². The number of benzene rings is 3. The summed E-state index contributed by atoms with van der Waals surface area (Å²) in [6.45, 7) is 1.26. The van der Waals surface area contributed by atoms with Crippen molar-refractivity contribution in [1.82, 2.24) is 19.9 Å². The Bertz CT molecular complexity index is 1350. The molecule has 0 aliphatic carbocycles. The third kappa shape index (κ3) is 4.38. The number of hydrogen-bond acceptors (Lipinski definition) is 3. The topological polar surface area (TPSA) is 71.9 Å². The van der Waals surface area contributed by atoms with Gasteiger partial charge in [-0.2, -0.15) is 0 Å². The number of aromatic nitrogens is 3. The van der Waals surface area contributed by atoms with Gasteiger partial charge in [0.2, 0.25) is 0 Å². The van der Waals surface area contributed by atoms with Crippen molar-refractivity contribution >= 4 is 27.8 Å². The fraction of sp³-hybridized carbons (Fsp3) is 0.185. The lowest BCUT2D eigenvalue weighted by Crippen LogP contribution is -2.30. The molecule has 2 N–H and O–H groups in total. The molecule has 6 nitrogen and oxygen atoms in total. The number of fused-ring (bicyclic) bond motifs is 2. The van der Waals surface area contributed by atoms with E-state index in [0.29, 0.717) is 25.1 Å². The molecule has 166 valence electrons. The number of nitrogens with zero attached hydrogens (tertiary/aromatic N) is 2. The minimum atomic E-state index is -0.298. The fourth-order valence-corrected chi connectivity index (χ4v) is 4.24. The number of rotatable bonds is 8. The molecule has 0 spiro atoms. The molecular weight excluding hydrogens is 412 g/mol. The summed E-state index contributed by atoms with van der Waals surface area (Å²) >= 11 is 0. The van der Waals surface area contributed by atoms with Crippen LogP contribution in [0.3, 0.4) is 0 Å². The van der Waals surface area contributed by atoms with Crippen molar-refractivity contribution in [2.24, 2.45) is 0 Å². The maximum Gasteiger partial charge on any atom is 0.254 e. The quantitative estimate of drug-likeness (QED) is 0.363. The Morgan fingerprint density at radius 2 is 1.79 bits per heavy atom. The van der Waals surface area contributed by atoms with Gasteiger partial charge >= 0.3 is 0 Å².